The van der Waals surface area contributed by atoms with Crippen molar-refractivity contribution in [2.45, 2.75) is 20.3 Å². The molecule has 0 amide bonds. The van der Waals surface area contributed by atoms with Crippen molar-refractivity contribution >= 4 is 11.7 Å². The van der Waals surface area contributed by atoms with Crippen molar-refractivity contribution in [1.29, 1.82) is 0 Å². The summed E-state index contributed by atoms with van der Waals surface area (Å²) < 4.78 is 5.21. The molecule has 0 saturated heterocycles. The molecule has 104 valence electrons. The van der Waals surface area contributed by atoms with Crippen LogP contribution in [0.5, 0.6) is 0 Å². The first kappa shape index (κ1) is 14.0. The fourth-order valence-electron chi connectivity index (χ4n) is 1.86. The van der Waals surface area contributed by atoms with E-state index >= 15 is 0 Å². The van der Waals surface area contributed by atoms with E-state index in [4.69, 9.17) is 10.5 Å². The molecular formula is C15H17N3O2. The molecule has 0 aliphatic rings. The van der Waals surface area contributed by atoms with E-state index < -0.39 is 5.97 Å². The summed E-state index contributed by atoms with van der Waals surface area (Å²) in [6.07, 6.45) is 5.52. The summed E-state index contributed by atoms with van der Waals surface area (Å²) in [5.74, 6) is -0.422. The maximum absolute atomic E-state index is 12.2. The third kappa shape index (κ3) is 2.77. The Morgan fingerprint density at radius 2 is 2.15 bits per heavy atom. The fourth-order valence-corrected chi connectivity index (χ4v) is 1.86. The predicted molar refractivity (Wildman–Crippen MR) is 77.2 cm³/mol. The molecule has 0 radical (unpaired) electrons. The minimum Gasteiger partial charge on any atom is -0.462 e. The van der Waals surface area contributed by atoms with E-state index in [9.17, 15) is 4.79 Å². The molecular weight excluding hydrogens is 254 g/mol. The molecule has 0 atom stereocenters. The van der Waals surface area contributed by atoms with Crippen molar-refractivity contribution in [1.82, 2.24) is 9.97 Å². The quantitative estimate of drug-likeness (QED) is 0.683. The smallest absolute Gasteiger partial charge is 0.340 e. The summed E-state index contributed by atoms with van der Waals surface area (Å²) in [6, 6.07) is 3.67. The molecule has 1 aromatic carbocycles. The number of benzene rings is 1. The summed E-state index contributed by atoms with van der Waals surface area (Å²) in [7, 11) is 0. The molecule has 0 aliphatic carbocycles. The number of hydrogen-bond donors (Lipinski definition) is 1. The largest absolute Gasteiger partial charge is 0.462 e. The van der Waals surface area contributed by atoms with Crippen molar-refractivity contribution in [2.24, 2.45) is 0 Å². The van der Waals surface area contributed by atoms with Crippen LogP contribution in [0.4, 0.5) is 5.69 Å². The van der Waals surface area contributed by atoms with Gasteiger partial charge in [-0.05, 0) is 18.9 Å². The van der Waals surface area contributed by atoms with Crippen LogP contribution in [0, 0.1) is 6.92 Å². The van der Waals surface area contributed by atoms with Gasteiger partial charge in [-0.25, -0.2) is 4.79 Å². The first-order valence-electron chi connectivity index (χ1n) is 6.47. The topological polar surface area (TPSA) is 78.1 Å². The summed E-state index contributed by atoms with van der Waals surface area (Å²) in [6.45, 7) is 4.16. The molecule has 5 heteroatoms. The number of carbonyl (C=O) groups is 1. The Bertz CT molecular complexity index is 612. The van der Waals surface area contributed by atoms with Gasteiger partial charge in [0.05, 0.1) is 24.1 Å². The van der Waals surface area contributed by atoms with Gasteiger partial charge in [0.25, 0.3) is 0 Å². The van der Waals surface area contributed by atoms with Gasteiger partial charge in [-0.1, -0.05) is 19.1 Å². The van der Waals surface area contributed by atoms with Gasteiger partial charge >= 0.3 is 5.97 Å². The Balaban J connectivity index is 2.52. The molecule has 0 spiro atoms. The van der Waals surface area contributed by atoms with Crippen LogP contribution in [0.25, 0.3) is 11.3 Å². The highest BCUT2D eigenvalue weighted by Gasteiger charge is 2.19. The molecule has 0 saturated carbocycles. The first-order chi connectivity index (χ1) is 9.65. The van der Waals surface area contributed by atoms with Crippen LogP contribution in [0.15, 0.2) is 30.7 Å². The van der Waals surface area contributed by atoms with E-state index in [0.29, 0.717) is 29.1 Å². The van der Waals surface area contributed by atoms with Crippen LogP contribution in [0.1, 0.15) is 29.3 Å². The second-order valence-corrected chi connectivity index (χ2v) is 4.45. The van der Waals surface area contributed by atoms with Gasteiger partial charge in [0, 0.05) is 23.6 Å². The zero-order valence-electron chi connectivity index (χ0n) is 11.6. The van der Waals surface area contributed by atoms with Gasteiger partial charge in [0.2, 0.25) is 0 Å². The molecule has 2 rings (SSSR count). The Labute approximate surface area is 117 Å². The third-order valence-electron chi connectivity index (χ3n) is 2.94. The van der Waals surface area contributed by atoms with Gasteiger partial charge in [-0.3, -0.25) is 9.97 Å². The molecule has 0 bridgehead atoms. The lowest BCUT2D eigenvalue weighted by Crippen LogP contribution is -2.12. The second kappa shape index (κ2) is 6.14. The summed E-state index contributed by atoms with van der Waals surface area (Å²) in [5.41, 5.74) is 8.90. The van der Waals surface area contributed by atoms with Crippen LogP contribution in [0.3, 0.4) is 0 Å². The Morgan fingerprint density at radius 1 is 1.35 bits per heavy atom. The maximum Gasteiger partial charge on any atom is 0.340 e. The Hall–Kier alpha value is -2.43. The standard InChI is InChI=1S/C15H17N3O2/c1-3-8-20-15(19)13-11(5-4-10(2)14(13)16)12-9-17-6-7-18-12/h4-7,9H,3,8,16H2,1-2H3. The van der Waals surface area contributed by atoms with Crippen LogP contribution >= 0.6 is 0 Å². The Morgan fingerprint density at radius 3 is 2.80 bits per heavy atom. The number of aromatic nitrogens is 2. The van der Waals surface area contributed by atoms with Crippen LogP contribution in [-0.2, 0) is 4.74 Å². The summed E-state index contributed by atoms with van der Waals surface area (Å²) in [5, 5.41) is 0. The van der Waals surface area contributed by atoms with Crippen LogP contribution in [-0.4, -0.2) is 22.5 Å². The van der Waals surface area contributed by atoms with Gasteiger partial charge < -0.3 is 10.5 Å². The lowest BCUT2D eigenvalue weighted by atomic mass is 9.99. The molecule has 2 aromatic rings. The molecule has 2 N–H and O–H groups in total. The molecule has 20 heavy (non-hydrogen) atoms. The van der Waals surface area contributed by atoms with E-state index in [1.807, 2.05) is 26.0 Å². The molecule has 0 unspecified atom stereocenters. The number of nitrogen functional groups attached to an aromatic ring is 1. The lowest BCUT2D eigenvalue weighted by Gasteiger charge is -2.13. The lowest BCUT2D eigenvalue weighted by molar-refractivity contribution is 0.0507. The van der Waals surface area contributed by atoms with E-state index in [0.717, 1.165) is 12.0 Å². The molecule has 0 fully saturated rings. The number of nitrogens with two attached hydrogens (primary N) is 1. The number of nitrogens with zero attached hydrogens (tertiary/aromatic N) is 2. The van der Waals surface area contributed by atoms with Crippen LogP contribution in [0.2, 0.25) is 0 Å². The zero-order valence-corrected chi connectivity index (χ0v) is 11.6. The van der Waals surface area contributed by atoms with E-state index in [-0.39, 0.29) is 0 Å². The highest BCUT2D eigenvalue weighted by molar-refractivity contribution is 6.02. The van der Waals surface area contributed by atoms with Crippen molar-refractivity contribution in [2.75, 3.05) is 12.3 Å². The Kier molecular flexibility index (Phi) is 4.30. The van der Waals surface area contributed by atoms with Crippen molar-refractivity contribution in [3.63, 3.8) is 0 Å². The zero-order chi connectivity index (χ0) is 14.5. The minimum atomic E-state index is -0.422. The van der Waals surface area contributed by atoms with Crippen molar-refractivity contribution in [3.05, 3.63) is 41.9 Å². The molecule has 0 aliphatic heterocycles. The van der Waals surface area contributed by atoms with E-state index in [1.54, 1.807) is 18.6 Å². The fraction of sp³-hybridized carbons (Fsp3) is 0.267. The van der Waals surface area contributed by atoms with Gasteiger partial charge in [0.15, 0.2) is 0 Å². The number of anilines is 1. The maximum atomic E-state index is 12.2. The van der Waals surface area contributed by atoms with Crippen molar-refractivity contribution in [3.8, 4) is 11.3 Å². The van der Waals surface area contributed by atoms with E-state index in [2.05, 4.69) is 9.97 Å². The number of esters is 1. The number of carbonyl (C=O) groups excluding carboxylic acids is 1. The number of aryl methyl sites for hydroxylation is 1. The van der Waals surface area contributed by atoms with Gasteiger partial charge in [-0.2, -0.15) is 0 Å². The normalized spacial score (nSPS) is 10.3. The number of hydrogen-bond acceptors (Lipinski definition) is 5. The predicted octanol–water partition coefficient (Wildman–Crippen LogP) is 2.60. The first-order valence-corrected chi connectivity index (χ1v) is 6.47. The van der Waals surface area contributed by atoms with Gasteiger partial charge in [0.1, 0.15) is 0 Å². The summed E-state index contributed by atoms with van der Waals surface area (Å²) >= 11 is 0. The molecule has 1 aromatic heterocycles. The van der Waals surface area contributed by atoms with Gasteiger partial charge in [-0.15, -0.1) is 0 Å². The second-order valence-electron chi connectivity index (χ2n) is 4.45. The summed E-state index contributed by atoms with van der Waals surface area (Å²) in [4.78, 5) is 20.5. The van der Waals surface area contributed by atoms with Crippen molar-refractivity contribution < 1.29 is 9.53 Å². The highest BCUT2D eigenvalue weighted by atomic mass is 16.5. The number of ether oxygens (including phenoxy) is 1. The molecule has 5 nitrogen and oxygen atoms in total. The average Bonchev–Trinajstić information content (AvgIpc) is 2.48. The monoisotopic (exact) mass is 271 g/mol. The number of rotatable bonds is 4. The highest BCUT2D eigenvalue weighted by Crippen LogP contribution is 2.29. The van der Waals surface area contributed by atoms with E-state index in [1.165, 1.54) is 0 Å². The minimum absolute atomic E-state index is 0.360. The SMILES string of the molecule is CCCOC(=O)c1c(-c2cnccn2)ccc(C)c1N. The third-order valence-corrected chi connectivity index (χ3v) is 2.94. The van der Waals surface area contributed by atoms with Crippen LogP contribution < -0.4 is 5.73 Å². The average molecular weight is 271 g/mol. The molecule has 1 heterocycles.